The standard InChI is InChI=1S/C22H12F15N5O3/c1-7-2-8(5-39-10(7)4-38)42-13(43)12-11-3-9(41(12)15(42)45)6-40(11)14(44)16(23,24)17(25,26)18(27,28)19(29,30)20(31,32)21(33,34)22(35,36)37/h2,5,9,11-12H,3,6H2,1H3/t9-,11?,12?/m1/s1. The highest BCUT2D eigenvalue weighted by Crippen LogP contribution is 2.62. The van der Waals surface area contributed by atoms with Gasteiger partial charge in [0, 0.05) is 6.54 Å². The van der Waals surface area contributed by atoms with Crippen molar-refractivity contribution in [1.29, 1.82) is 5.26 Å². The summed E-state index contributed by atoms with van der Waals surface area (Å²) < 4.78 is 204. The zero-order valence-corrected chi connectivity index (χ0v) is 21.4. The van der Waals surface area contributed by atoms with Gasteiger partial charge in [-0.15, -0.1) is 0 Å². The van der Waals surface area contributed by atoms with Crippen LogP contribution in [0.25, 0.3) is 0 Å². The quantitative estimate of drug-likeness (QED) is 0.306. The summed E-state index contributed by atoms with van der Waals surface area (Å²) in [5.74, 6) is -53.7. The predicted molar refractivity (Wildman–Crippen MR) is 112 cm³/mol. The maximum Gasteiger partial charge on any atom is 0.460 e. The van der Waals surface area contributed by atoms with Gasteiger partial charge in [-0.2, -0.15) is 71.1 Å². The highest BCUT2D eigenvalue weighted by atomic mass is 19.4. The summed E-state index contributed by atoms with van der Waals surface area (Å²) in [4.78, 5) is 42.8. The molecule has 0 aliphatic carbocycles. The van der Waals surface area contributed by atoms with Gasteiger partial charge in [-0.05, 0) is 25.0 Å². The van der Waals surface area contributed by atoms with Crippen molar-refractivity contribution < 1.29 is 80.2 Å². The fourth-order valence-electron chi connectivity index (χ4n) is 5.21. The summed E-state index contributed by atoms with van der Waals surface area (Å²) in [5, 5.41) is 8.97. The van der Waals surface area contributed by atoms with E-state index in [1.165, 1.54) is 6.92 Å². The third-order valence-electron chi connectivity index (χ3n) is 7.55. The molecule has 0 saturated carbocycles. The number of amides is 4. The highest BCUT2D eigenvalue weighted by Gasteiger charge is 2.94. The Bertz CT molecular complexity index is 1510. The summed E-state index contributed by atoms with van der Waals surface area (Å²) in [6, 6.07) is -3.89. The topological polar surface area (TPSA) is 97.6 Å². The number of urea groups is 1. The molecule has 45 heavy (non-hydrogen) atoms. The number of pyridine rings is 1. The van der Waals surface area contributed by atoms with Gasteiger partial charge >= 0.3 is 47.7 Å². The molecule has 3 aliphatic rings. The van der Waals surface area contributed by atoms with Gasteiger partial charge in [-0.25, -0.2) is 14.7 Å². The molecule has 0 N–H and O–H groups in total. The molecule has 4 heterocycles. The van der Waals surface area contributed by atoms with Crippen LogP contribution in [-0.4, -0.2) is 99.0 Å². The average Bonchev–Trinajstić information content (AvgIpc) is 3.57. The number of nitriles is 1. The van der Waals surface area contributed by atoms with E-state index >= 15 is 0 Å². The van der Waals surface area contributed by atoms with Crippen molar-refractivity contribution in [3.63, 3.8) is 0 Å². The zero-order chi connectivity index (χ0) is 34.7. The average molecular weight is 679 g/mol. The molecule has 4 rings (SSSR count). The van der Waals surface area contributed by atoms with Crippen molar-refractivity contribution in [2.75, 3.05) is 11.4 Å². The molecule has 0 aromatic carbocycles. The monoisotopic (exact) mass is 679 g/mol. The number of piperazine rings is 1. The zero-order valence-electron chi connectivity index (χ0n) is 21.4. The number of aromatic nitrogens is 1. The summed E-state index contributed by atoms with van der Waals surface area (Å²) in [5.41, 5.74) is -0.329. The van der Waals surface area contributed by atoms with Gasteiger partial charge in [0.15, 0.2) is 0 Å². The number of imide groups is 1. The number of halogens is 15. The fourth-order valence-corrected chi connectivity index (χ4v) is 5.21. The SMILES string of the molecule is Cc1cc(N2C(=O)C3C4C[C@H](CN4C(=O)C(F)(F)C(F)(F)C(F)(F)C(F)(F)C(F)(F)C(F)(F)C(F)(F)F)N3C2=O)cnc1C#N. The first-order chi connectivity index (χ1) is 20.1. The van der Waals surface area contributed by atoms with Crippen molar-refractivity contribution in [1.82, 2.24) is 14.8 Å². The molecule has 1 aromatic heterocycles. The third kappa shape index (κ3) is 4.08. The van der Waals surface area contributed by atoms with Gasteiger partial charge in [0.1, 0.15) is 17.8 Å². The molecule has 23 heteroatoms. The van der Waals surface area contributed by atoms with E-state index in [0.29, 0.717) is 9.80 Å². The lowest BCUT2D eigenvalue weighted by Gasteiger charge is -2.42. The lowest BCUT2D eigenvalue weighted by Crippen LogP contribution is -2.74. The third-order valence-corrected chi connectivity index (χ3v) is 7.55. The smallest absolute Gasteiger partial charge is 0.330 e. The van der Waals surface area contributed by atoms with E-state index < -0.39 is 95.5 Å². The highest BCUT2D eigenvalue weighted by molar-refractivity contribution is 6.22. The number of hydrogen-bond acceptors (Lipinski definition) is 5. The normalized spacial score (nSPS) is 23.2. The minimum atomic E-state index is -8.56. The molecule has 0 spiro atoms. The first-order valence-corrected chi connectivity index (χ1v) is 11.8. The molecule has 3 fully saturated rings. The lowest BCUT2D eigenvalue weighted by atomic mass is 9.90. The molecule has 3 aliphatic heterocycles. The van der Waals surface area contributed by atoms with Gasteiger partial charge in [-0.1, -0.05) is 0 Å². The van der Waals surface area contributed by atoms with Crippen LogP contribution in [0.3, 0.4) is 0 Å². The molecule has 3 saturated heterocycles. The summed E-state index contributed by atoms with van der Waals surface area (Å²) >= 11 is 0. The number of nitrogens with zero attached hydrogens (tertiary/aromatic N) is 5. The van der Waals surface area contributed by atoms with E-state index in [1.807, 2.05) is 0 Å². The summed E-state index contributed by atoms with van der Waals surface area (Å²) in [6.07, 6.45) is -7.57. The Labute approximate surface area is 238 Å². The molecular weight excluding hydrogens is 667 g/mol. The first kappa shape index (κ1) is 33.9. The number of anilines is 1. The van der Waals surface area contributed by atoms with Crippen LogP contribution >= 0.6 is 0 Å². The van der Waals surface area contributed by atoms with Gasteiger partial charge in [0.2, 0.25) is 0 Å². The van der Waals surface area contributed by atoms with Gasteiger partial charge in [0.25, 0.3) is 11.8 Å². The largest absolute Gasteiger partial charge is 0.460 e. The van der Waals surface area contributed by atoms with Crippen LogP contribution in [0.4, 0.5) is 76.3 Å². The van der Waals surface area contributed by atoms with Crippen LogP contribution < -0.4 is 4.90 Å². The molecule has 248 valence electrons. The number of likely N-dealkylation sites (tertiary alicyclic amines) is 1. The van der Waals surface area contributed by atoms with Crippen LogP contribution in [-0.2, 0) is 9.59 Å². The number of hydrogen-bond donors (Lipinski definition) is 0. The van der Waals surface area contributed by atoms with E-state index in [-0.39, 0.29) is 16.9 Å². The number of aryl methyl sites for hydroxylation is 1. The van der Waals surface area contributed by atoms with Gasteiger partial charge in [-0.3, -0.25) is 9.59 Å². The molecule has 8 nitrogen and oxygen atoms in total. The summed E-state index contributed by atoms with van der Waals surface area (Å²) in [6.45, 7) is 0.0838. The van der Waals surface area contributed by atoms with Gasteiger partial charge in [0.05, 0.1) is 24.0 Å². The number of carbonyl (C=O) groups excluding carboxylic acids is 3. The van der Waals surface area contributed by atoms with E-state index in [0.717, 1.165) is 12.3 Å². The molecule has 0 radical (unpaired) electrons. The van der Waals surface area contributed by atoms with Crippen LogP contribution in [0.1, 0.15) is 17.7 Å². The van der Waals surface area contributed by atoms with E-state index in [4.69, 9.17) is 5.26 Å². The maximum atomic E-state index is 14.7. The number of fused-ring (bicyclic) bond motifs is 5. The number of rotatable bonds is 7. The van der Waals surface area contributed by atoms with Crippen molar-refractivity contribution in [2.45, 2.75) is 73.2 Å². The van der Waals surface area contributed by atoms with Crippen LogP contribution in [0, 0.1) is 18.3 Å². The Morgan fingerprint density at radius 2 is 1.38 bits per heavy atom. The molecule has 2 unspecified atom stereocenters. The summed E-state index contributed by atoms with van der Waals surface area (Å²) in [7, 11) is 0. The lowest BCUT2D eigenvalue weighted by molar-refractivity contribution is -0.450. The number of carbonyl (C=O) groups is 3. The second kappa shape index (κ2) is 9.51. The van der Waals surface area contributed by atoms with E-state index in [9.17, 15) is 80.2 Å². The van der Waals surface area contributed by atoms with Crippen molar-refractivity contribution >= 4 is 23.5 Å². The minimum Gasteiger partial charge on any atom is -0.330 e. The second-order valence-electron chi connectivity index (χ2n) is 10.1. The Balaban J connectivity index is 1.66. The molecule has 3 atom stereocenters. The second-order valence-corrected chi connectivity index (χ2v) is 10.1. The van der Waals surface area contributed by atoms with Crippen LogP contribution in [0.15, 0.2) is 12.3 Å². The molecule has 2 bridgehead atoms. The van der Waals surface area contributed by atoms with Crippen molar-refractivity contribution in [3.8, 4) is 6.07 Å². The Morgan fingerprint density at radius 3 is 1.87 bits per heavy atom. The predicted octanol–water partition coefficient (Wildman–Crippen LogP) is 4.76. The molecular formula is C22H12F15N5O3. The van der Waals surface area contributed by atoms with Crippen LogP contribution in [0.2, 0.25) is 0 Å². The molecule has 4 amide bonds. The Kier molecular flexibility index (Phi) is 7.16. The van der Waals surface area contributed by atoms with Gasteiger partial charge < -0.3 is 9.80 Å². The van der Waals surface area contributed by atoms with E-state index in [2.05, 4.69) is 4.98 Å². The van der Waals surface area contributed by atoms with E-state index in [1.54, 1.807) is 6.07 Å². The van der Waals surface area contributed by atoms with Crippen molar-refractivity contribution in [3.05, 3.63) is 23.5 Å². The fraction of sp³-hybridized carbons (Fsp3) is 0.591. The maximum absolute atomic E-state index is 14.7. The Morgan fingerprint density at radius 1 is 0.867 bits per heavy atom. The molecule has 1 aromatic rings. The Hall–Kier alpha value is -4.00. The number of alkyl halides is 15. The van der Waals surface area contributed by atoms with Crippen LogP contribution in [0.5, 0.6) is 0 Å². The minimum absolute atomic E-state index is 0.126. The first-order valence-electron chi connectivity index (χ1n) is 11.8. The van der Waals surface area contributed by atoms with Crippen molar-refractivity contribution in [2.24, 2.45) is 0 Å².